The van der Waals surface area contributed by atoms with Gasteiger partial charge in [0.1, 0.15) is 23.9 Å². The average Bonchev–Trinajstić information content (AvgIpc) is 2.91. The molecule has 0 bridgehead atoms. The van der Waals surface area contributed by atoms with Crippen molar-refractivity contribution in [3.63, 3.8) is 0 Å². The molecule has 152 valence electrons. The van der Waals surface area contributed by atoms with Gasteiger partial charge in [-0.25, -0.2) is 9.78 Å². The van der Waals surface area contributed by atoms with Crippen LogP contribution in [0.5, 0.6) is 0 Å². The molecule has 0 saturated heterocycles. The molecule has 1 heterocycles. The first-order chi connectivity index (χ1) is 12.5. The number of carbonyl (C=O) groups is 1. The highest BCUT2D eigenvalue weighted by Crippen LogP contribution is 2.11. The number of carbonyl (C=O) groups excluding carboxylic acids is 1. The Kier molecular flexibility index (Phi) is 9.07. The maximum atomic E-state index is 11.6. The summed E-state index contributed by atoms with van der Waals surface area (Å²) in [5.74, 6) is 3.51. The van der Waals surface area contributed by atoms with Crippen molar-refractivity contribution in [2.75, 3.05) is 13.2 Å². The second-order valence-corrected chi connectivity index (χ2v) is 14.5. The minimum atomic E-state index is -1.09. The summed E-state index contributed by atoms with van der Waals surface area (Å²) in [7, 11) is -1.09. The fourth-order valence-electron chi connectivity index (χ4n) is 2.29. The van der Waals surface area contributed by atoms with E-state index >= 15 is 0 Å². The number of aromatic nitrogens is 2. The zero-order chi connectivity index (χ0) is 20.5. The molecule has 0 radical (unpaired) electrons. The van der Waals surface area contributed by atoms with E-state index in [0.29, 0.717) is 19.0 Å². The molecule has 0 saturated carbocycles. The number of ether oxygens (including phenoxy) is 2. The molecule has 0 unspecified atom stereocenters. The molecule has 0 atom stereocenters. The third-order valence-electron chi connectivity index (χ3n) is 3.73. The minimum absolute atomic E-state index is 0.380. The van der Waals surface area contributed by atoms with Crippen molar-refractivity contribution in [1.82, 2.24) is 14.9 Å². The lowest BCUT2D eigenvalue weighted by atomic mass is 10.2. The Morgan fingerprint density at radius 2 is 2.04 bits per heavy atom. The van der Waals surface area contributed by atoms with Crippen LogP contribution in [-0.4, -0.2) is 42.5 Å². The van der Waals surface area contributed by atoms with Crippen molar-refractivity contribution in [1.29, 1.82) is 0 Å². The van der Waals surface area contributed by atoms with Crippen LogP contribution in [0.2, 0.25) is 25.7 Å². The lowest BCUT2D eigenvalue weighted by molar-refractivity contribution is 0.0527. The highest BCUT2D eigenvalue weighted by Gasteiger charge is 2.15. The Labute approximate surface area is 165 Å². The van der Waals surface area contributed by atoms with Crippen molar-refractivity contribution >= 4 is 14.2 Å². The van der Waals surface area contributed by atoms with Crippen molar-refractivity contribution in [3.05, 3.63) is 17.7 Å². The summed E-state index contributed by atoms with van der Waals surface area (Å²) in [5.41, 5.74) is 0.154. The van der Waals surface area contributed by atoms with Crippen LogP contribution in [0.15, 0.2) is 6.20 Å². The first-order valence-electron chi connectivity index (χ1n) is 9.57. The van der Waals surface area contributed by atoms with Crippen LogP contribution in [0.1, 0.15) is 45.1 Å². The molecule has 1 amide bonds. The van der Waals surface area contributed by atoms with Gasteiger partial charge in [0, 0.05) is 33.8 Å². The van der Waals surface area contributed by atoms with Crippen molar-refractivity contribution in [2.24, 2.45) is 0 Å². The number of nitrogens with zero attached hydrogens (tertiary/aromatic N) is 2. The van der Waals surface area contributed by atoms with Crippen LogP contribution in [-0.2, 0) is 22.6 Å². The van der Waals surface area contributed by atoms with E-state index in [2.05, 4.69) is 35.9 Å². The monoisotopic (exact) mass is 393 g/mol. The fourth-order valence-corrected chi connectivity index (χ4v) is 3.05. The second-order valence-electron chi connectivity index (χ2n) is 8.89. The number of amides is 1. The molecule has 1 N–H and O–H groups in total. The van der Waals surface area contributed by atoms with E-state index in [1.807, 2.05) is 31.5 Å². The van der Waals surface area contributed by atoms with Gasteiger partial charge in [-0.2, -0.15) is 0 Å². The summed E-state index contributed by atoms with van der Waals surface area (Å²) in [6, 6.07) is 1.13. The first kappa shape index (κ1) is 23.3. The van der Waals surface area contributed by atoms with Crippen LogP contribution >= 0.6 is 0 Å². The van der Waals surface area contributed by atoms with Gasteiger partial charge in [0.15, 0.2) is 0 Å². The molecule has 0 spiro atoms. The third-order valence-corrected chi connectivity index (χ3v) is 5.43. The maximum absolute atomic E-state index is 11.6. The zero-order valence-electron chi connectivity index (χ0n) is 17.7. The van der Waals surface area contributed by atoms with Crippen molar-refractivity contribution in [3.8, 4) is 12.3 Å². The molecule has 0 aliphatic carbocycles. The first-order valence-corrected chi connectivity index (χ1v) is 13.3. The molecule has 1 rings (SSSR count). The maximum Gasteiger partial charge on any atom is 0.407 e. The zero-order valence-corrected chi connectivity index (χ0v) is 18.7. The second kappa shape index (κ2) is 10.5. The predicted molar refractivity (Wildman–Crippen MR) is 111 cm³/mol. The van der Waals surface area contributed by atoms with Gasteiger partial charge in [-0.1, -0.05) is 19.6 Å². The Balaban J connectivity index is 2.38. The molecular formula is C20H35N3O3Si. The molecule has 0 aromatic carbocycles. The summed E-state index contributed by atoms with van der Waals surface area (Å²) < 4.78 is 13.0. The van der Waals surface area contributed by atoms with Gasteiger partial charge in [-0.15, -0.1) is 6.42 Å². The van der Waals surface area contributed by atoms with Gasteiger partial charge in [0.2, 0.25) is 0 Å². The third kappa shape index (κ3) is 10.8. The van der Waals surface area contributed by atoms with E-state index in [1.54, 1.807) is 0 Å². The minimum Gasteiger partial charge on any atom is -0.444 e. The molecule has 1 aromatic heterocycles. The van der Waals surface area contributed by atoms with Gasteiger partial charge in [-0.3, -0.25) is 0 Å². The highest BCUT2D eigenvalue weighted by atomic mass is 28.3. The Morgan fingerprint density at radius 3 is 2.63 bits per heavy atom. The standard InChI is InChI=1S/C20H35N3O3Si/c1-8-17-15-23(16-25-13-14-27(5,6)7)18(22-17)11-9-10-12-21-19(24)26-20(2,3)4/h1,15H,9-14,16H2,2-7H3,(H,21,24). The van der Waals surface area contributed by atoms with E-state index in [0.717, 1.165) is 37.7 Å². The van der Waals surface area contributed by atoms with Crippen molar-refractivity contribution in [2.45, 2.75) is 78.1 Å². The van der Waals surface area contributed by atoms with E-state index < -0.39 is 13.7 Å². The average molecular weight is 394 g/mol. The lowest BCUT2D eigenvalue weighted by Crippen LogP contribution is -2.33. The Bertz CT molecular complexity index is 636. The highest BCUT2D eigenvalue weighted by molar-refractivity contribution is 6.76. The number of imidazole rings is 1. The number of terminal acetylenes is 1. The quantitative estimate of drug-likeness (QED) is 0.370. The number of nitrogens with one attached hydrogen (secondary N) is 1. The molecule has 7 heteroatoms. The number of hydrogen-bond donors (Lipinski definition) is 1. The van der Waals surface area contributed by atoms with Gasteiger partial charge < -0.3 is 19.4 Å². The predicted octanol–water partition coefficient (Wildman–Crippen LogP) is 4.02. The number of rotatable bonds is 10. The van der Waals surface area contributed by atoms with Crippen LogP contribution in [0.4, 0.5) is 4.79 Å². The molecule has 0 aliphatic rings. The summed E-state index contributed by atoms with van der Waals surface area (Å²) in [5, 5.41) is 2.77. The van der Waals surface area contributed by atoms with E-state index in [9.17, 15) is 4.79 Å². The van der Waals surface area contributed by atoms with E-state index in [-0.39, 0.29) is 6.09 Å². The van der Waals surface area contributed by atoms with Crippen LogP contribution in [0.25, 0.3) is 0 Å². The van der Waals surface area contributed by atoms with Crippen molar-refractivity contribution < 1.29 is 14.3 Å². The molecule has 27 heavy (non-hydrogen) atoms. The summed E-state index contributed by atoms with van der Waals surface area (Å²) in [6.45, 7) is 14.4. The fraction of sp³-hybridized carbons (Fsp3) is 0.700. The summed E-state index contributed by atoms with van der Waals surface area (Å²) in [6.07, 6.45) is 9.49. The Hall–Kier alpha value is -1.78. The summed E-state index contributed by atoms with van der Waals surface area (Å²) >= 11 is 0. The normalized spacial score (nSPS) is 11.9. The number of hydrogen-bond acceptors (Lipinski definition) is 4. The smallest absolute Gasteiger partial charge is 0.407 e. The van der Waals surface area contributed by atoms with Crippen LogP contribution in [0, 0.1) is 12.3 Å². The largest absolute Gasteiger partial charge is 0.444 e. The van der Waals surface area contributed by atoms with Gasteiger partial charge in [0.05, 0.1) is 0 Å². The number of unbranched alkanes of at least 4 members (excludes halogenated alkanes) is 1. The molecular weight excluding hydrogens is 358 g/mol. The van der Waals surface area contributed by atoms with E-state index in [4.69, 9.17) is 15.9 Å². The molecule has 1 aromatic rings. The lowest BCUT2D eigenvalue weighted by Gasteiger charge is -2.19. The Morgan fingerprint density at radius 1 is 1.33 bits per heavy atom. The van der Waals surface area contributed by atoms with Gasteiger partial charge in [-0.05, 0) is 45.6 Å². The topological polar surface area (TPSA) is 65.4 Å². The molecule has 0 fully saturated rings. The molecule has 6 nitrogen and oxygen atoms in total. The summed E-state index contributed by atoms with van der Waals surface area (Å²) in [4.78, 5) is 16.1. The van der Waals surface area contributed by atoms with Crippen LogP contribution in [0.3, 0.4) is 0 Å². The molecule has 0 aliphatic heterocycles. The SMILES string of the molecule is C#Cc1cn(COCC[Si](C)(C)C)c(CCCCNC(=O)OC(C)(C)C)n1. The van der Waals surface area contributed by atoms with Gasteiger partial charge in [0.25, 0.3) is 0 Å². The van der Waals surface area contributed by atoms with E-state index in [1.165, 1.54) is 0 Å². The number of aryl methyl sites for hydroxylation is 1. The van der Waals surface area contributed by atoms with Crippen LogP contribution < -0.4 is 5.32 Å². The number of alkyl carbamates (subject to hydrolysis) is 1. The van der Waals surface area contributed by atoms with Gasteiger partial charge >= 0.3 is 6.09 Å².